The van der Waals surface area contributed by atoms with Crippen LogP contribution >= 0.6 is 0 Å². The third-order valence-electron chi connectivity index (χ3n) is 4.30. The molecular formula is C18H21N5O4. The van der Waals surface area contributed by atoms with Gasteiger partial charge in [0.25, 0.3) is 5.91 Å². The number of hydrogen-bond donors (Lipinski definition) is 1. The van der Waals surface area contributed by atoms with Gasteiger partial charge in [-0.05, 0) is 12.1 Å². The minimum absolute atomic E-state index is 0.208. The van der Waals surface area contributed by atoms with E-state index in [0.717, 1.165) is 6.41 Å². The van der Waals surface area contributed by atoms with E-state index in [0.29, 0.717) is 49.2 Å². The van der Waals surface area contributed by atoms with Gasteiger partial charge >= 0.3 is 0 Å². The SMILES string of the molecule is COc1ccc(NC(=O)c2cnc(N3CCN(C=O)CC3)cn2)cc1OC. The molecule has 1 saturated heterocycles. The molecule has 1 aliphatic heterocycles. The highest BCUT2D eigenvalue weighted by atomic mass is 16.5. The molecule has 1 fully saturated rings. The summed E-state index contributed by atoms with van der Waals surface area (Å²) < 4.78 is 10.4. The maximum atomic E-state index is 12.4. The Labute approximate surface area is 156 Å². The molecule has 9 heteroatoms. The molecule has 0 aliphatic carbocycles. The summed E-state index contributed by atoms with van der Waals surface area (Å²) in [6.45, 7) is 2.66. The van der Waals surface area contributed by atoms with Crippen LogP contribution in [-0.2, 0) is 4.79 Å². The monoisotopic (exact) mass is 371 g/mol. The lowest BCUT2D eigenvalue weighted by Gasteiger charge is -2.33. The Hall–Kier alpha value is -3.36. The fourth-order valence-electron chi connectivity index (χ4n) is 2.77. The zero-order chi connectivity index (χ0) is 19.2. The number of nitrogens with zero attached hydrogens (tertiary/aromatic N) is 4. The average molecular weight is 371 g/mol. The summed E-state index contributed by atoms with van der Waals surface area (Å²) in [7, 11) is 3.08. The molecule has 2 amide bonds. The van der Waals surface area contributed by atoms with Crippen molar-refractivity contribution in [2.45, 2.75) is 0 Å². The first-order valence-corrected chi connectivity index (χ1v) is 8.44. The molecule has 0 bridgehead atoms. The van der Waals surface area contributed by atoms with E-state index in [1.165, 1.54) is 13.3 Å². The fourth-order valence-corrected chi connectivity index (χ4v) is 2.77. The minimum atomic E-state index is -0.368. The van der Waals surface area contributed by atoms with Crippen LogP contribution in [0.2, 0.25) is 0 Å². The van der Waals surface area contributed by atoms with Gasteiger partial charge in [-0.3, -0.25) is 9.59 Å². The van der Waals surface area contributed by atoms with Crippen LogP contribution in [-0.4, -0.2) is 67.6 Å². The van der Waals surface area contributed by atoms with Crippen molar-refractivity contribution in [3.05, 3.63) is 36.3 Å². The standard InChI is InChI=1S/C18H21N5O4/c1-26-15-4-3-13(9-16(15)27-2)21-18(25)14-10-20-17(11-19-14)23-7-5-22(12-24)6-8-23/h3-4,9-12H,5-8H2,1-2H3,(H,21,25). The van der Waals surface area contributed by atoms with Crippen molar-refractivity contribution in [3.63, 3.8) is 0 Å². The maximum Gasteiger partial charge on any atom is 0.275 e. The van der Waals surface area contributed by atoms with Gasteiger partial charge in [0.2, 0.25) is 6.41 Å². The lowest BCUT2D eigenvalue weighted by molar-refractivity contribution is -0.118. The molecule has 2 heterocycles. The Balaban J connectivity index is 1.65. The van der Waals surface area contributed by atoms with Crippen molar-refractivity contribution in [1.82, 2.24) is 14.9 Å². The fraction of sp³-hybridized carbons (Fsp3) is 0.333. The van der Waals surface area contributed by atoms with E-state index in [1.807, 2.05) is 4.90 Å². The third kappa shape index (κ3) is 4.25. The lowest BCUT2D eigenvalue weighted by Crippen LogP contribution is -2.46. The van der Waals surface area contributed by atoms with Crippen LogP contribution in [0, 0.1) is 0 Å². The van der Waals surface area contributed by atoms with E-state index in [4.69, 9.17) is 9.47 Å². The van der Waals surface area contributed by atoms with Gasteiger partial charge < -0.3 is 24.6 Å². The molecule has 1 aliphatic rings. The summed E-state index contributed by atoms with van der Waals surface area (Å²) in [6.07, 6.45) is 3.86. The molecule has 1 N–H and O–H groups in total. The predicted octanol–water partition coefficient (Wildman–Crippen LogP) is 1.02. The summed E-state index contributed by atoms with van der Waals surface area (Å²) in [6, 6.07) is 5.10. The molecule has 1 aromatic carbocycles. The van der Waals surface area contributed by atoms with Gasteiger partial charge in [0.15, 0.2) is 11.5 Å². The molecule has 142 valence electrons. The second kappa shape index (κ2) is 8.35. The maximum absolute atomic E-state index is 12.4. The second-order valence-electron chi connectivity index (χ2n) is 5.91. The van der Waals surface area contributed by atoms with E-state index in [-0.39, 0.29) is 11.6 Å². The third-order valence-corrected chi connectivity index (χ3v) is 4.30. The van der Waals surface area contributed by atoms with Crippen LogP contribution in [0.4, 0.5) is 11.5 Å². The highest BCUT2D eigenvalue weighted by Gasteiger charge is 2.18. The van der Waals surface area contributed by atoms with Crippen LogP contribution in [0.5, 0.6) is 11.5 Å². The largest absolute Gasteiger partial charge is 0.493 e. The Morgan fingerprint density at radius 1 is 1.07 bits per heavy atom. The van der Waals surface area contributed by atoms with Gasteiger partial charge in [0.05, 0.1) is 26.6 Å². The van der Waals surface area contributed by atoms with Gasteiger partial charge in [-0.1, -0.05) is 0 Å². The number of carbonyl (C=O) groups excluding carboxylic acids is 2. The molecule has 1 aromatic heterocycles. The topological polar surface area (TPSA) is 96.9 Å². The zero-order valence-electron chi connectivity index (χ0n) is 15.2. The molecule has 27 heavy (non-hydrogen) atoms. The van der Waals surface area contributed by atoms with Crippen LogP contribution < -0.4 is 19.7 Å². The Morgan fingerprint density at radius 3 is 2.41 bits per heavy atom. The number of amides is 2. The summed E-state index contributed by atoms with van der Waals surface area (Å²) in [4.78, 5) is 35.4. The quantitative estimate of drug-likeness (QED) is 0.757. The van der Waals surface area contributed by atoms with Crippen molar-refractivity contribution in [2.24, 2.45) is 0 Å². The van der Waals surface area contributed by atoms with Crippen molar-refractivity contribution < 1.29 is 19.1 Å². The van der Waals surface area contributed by atoms with E-state index < -0.39 is 0 Å². The Bertz CT molecular complexity index is 804. The van der Waals surface area contributed by atoms with Crippen LogP contribution in [0.15, 0.2) is 30.6 Å². The highest BCUT2D eigenvalue weighted by molar-refractivity contribution is 6.02. The van der Waals surface area contributed by atoms with Gasteiger partial charge in [0.1, 0.15) is 11.5 Å². The summed E-state index contributed by atoms with van der Waals surface area (Å²) in [5.41, 5.74) is 0.772. The number of benzene rings is 1. The summed E-state index contributed by atoms with van der Waals surface area (Å²) in [5, 5.41) is 2.76. The van der Waals surface area contributed by atoms with E-state index in [2.05, 4.69) is 15.3 Å². The molecule has 0 unspecified atom stereocenters. The van der Waals surface area contributed by atoms with Crippen molar-refractivity contribution in [1.29, 1.82) is 0 Å². The number of ether oxygens (including phenoxy) is 2. The Kier molecular flexibility index (Phi) is 5.70. The Morgan fingerprint density at radius 2 is 1.81 bits per heavy atom. The first-order chi connectivity index (χ1) is 13.1. The van der Waals surface area contributed by atoms with Crippen molar-refractivity contribution >= 4 is 23.8 Å². The van der Waals surface area contributed by atoms with Crippen LogP contribution in [0.3, 0.4) is 0 Å². The van der Waals surface area contributed by atoms with E-state index >= 15 is 0 Å². The number of hydrogen-bond acceptors (Lipinski definition) is 7. The van der Waals surface area contributed by atoms with Gasteiger partial charge in [-0.15, -0.1) is 0 Å². The van der Waals surface area contributed by atoms with Crippen molar-refractivity contribution in [3.8, 4) is 11.5 Å². The highest BCUT2D eigenvalue weighted by Crippen LogP contribution is 2.29. The van der Waals surface area contributed by atoms with E-state index in [9.17, 15) is 9.59 Å². The number of carbonyl (C=O) groups is 2. The second-order valence-corrected chi connectivity index (χ2v) is 5.91. The molecule has 0 radical (unpaired) electrons. The minimum Gasteiger partial charge on any atom is -0.493 e. The molecule has 3 rings (SSSR count). The first-order valence-electron chi connectivity index (χ1n) is 8.44. The summed E-state index contributed by atoms with van der Waals surface area (Å²) in [5.74, 6) is 1.41. The van der Waals surface area contributed by atoms with Gasteiger partial charge in [-0.25, -0.2) is 9.97 Å². The number of nitrogens with one attached hydrogen (secondary N) is 1. The number of anilines is 2. The number of methoxy groups -OCH3 is 2. The predicted molar refractivity (Wildman–Crippen MR) is 99.4 cm³/mol. The van der Waals surface area contributed by atoms with Gasteiger partial charge in [0, 0.05) is 37.9 Å². The molecule has 9 nitrogen and oxygen atoms in total. The first kappa shape index (κ1) is 18.4. The molecule has 2 aromatic rings. The lowest BCUT2D eigenvalue weighted by atomic mass is 10.2. The molecule has 0 spiro atoms. The van der Waals surface area contributed by atoms with Crippen LogP contribution in [0.1, 0.15) is 10.5 Å². The molecular weight excluding hydrogens is 350 g/mol. The van der Waals surface area contributed by atoms with Crippen molar-refractivity contribution in [2.75, 3.05) is 50.6 Å². The van der Waals surface area contributed by atoms with Crippen LogP contribution in [0.25, 0.3) is 0 Å². The summed E-state index contributed by atoms with van der Waals surface area (Å²) >= 11 is 0. The number of aromatic nitrogens is 2. The smallest absolute Gasteiger partial charge is 0.275 e. The average Bonchev–Trinajstić information content (AvgIpc) is 2.73. The zero-order valence-corrected chi connectivity index (χ0v) is 15.2. The van der Waals surface area contributed by atoms with Gasteiger partial charge in [-0.2, -0.15) is 0 Å². The number of rotatable bonds is 6. The molecule has 0 saturated carbocycles. The number of piperazine rings is 1. The molecule has 0 atom stereocenters. The van der Waals surface area contributed by atoms with E-state index in [1.54, 1.807) is 36.4 Å². The normalized spacial score (nSPS) is 13.9.